The molecule has 0 fully saturated rings. The first-order valence-corrected chi connectivity index (χ1v) is 3.36. The van der Waals surface area contributed by atoms with E-state index in [-0.39, 0.29) is 12.6 Å². The summed E-state index contributed by atoms with van der Waals surface area (Å²) in [5.41, 5.74) is 5.68. The van der Waals surface area contributed by atoms with Gasteiger partial charge in [0.2, 0.25) is 0 Å². The van der Waals surface area contributed by atoms with Gasteiger partial charge in [0, 0.05) is 18.6 Å². The molecule has 1 aliphatic carbocycles. The Labute approximate surface area is 55.4 Å². The molecule has 0 saturated heterocycles. The molecule has 0 aromatic carbocycles. The smallest absolute Gasteiger partial charge is 0.0477 e. The molecule has 0 radical (unpaired) electrons. The predicted molar refractivity (Wildman–Crippen MR) is 36.9 cm³/mol. The minimum atomic E-state index is 0.181. The lowest BCUT2D eigenvalue weighted by Gasteiger charge is -2.22. The fourth-order valence-electron chi connectivity index (χ4n) is 1.10. The minimum Gasteiger partial charge on any atom is -0.396 e. The van der Waals surface area contributed by atoms with E-state index in [1.54, 1.807) is 0 Å². The molecule has 0 spiro atoms. The topological polar surface area (TPSA) is 46.2 Å². The molecule has 1 rings (SSSR count). The van der Waals surface area contributed by atoms with E-state index in [1.165, 1.54) is 0 Å². The molecule has 0 bridgehead atoms. The summed E-state index contributed by atoms with van der Waals surface area (Å²) in [7, 11) is 0. The van der Waals surface area contributed by atoms with Crippen molar-refractivity contribution < 1.29 is 5.11 Å². The maximum absolute atomic E-state index is 8.75. The van der Waals surface area contributed by atoms with Crippen molar-refractivity contribution in [3.63, 3.8) is 0 Å². The number of aliphatic hydroxyl groups is 1. The van der Waals surface area contributed by atoms with Gasteiger partial charge in [0.05, 0.1) is 0 Å². The minimum absolute atomic E-state index is 0.181. The largest absolute Gasteiger partial charge is 0.396 e. The summed E-state index contributed by atoms with van der Waals surface area (Å²) in [6.07, 6.45) is 6.03. The average Bonchev–Trinajstić information content (AvgIpc) is 1.89. The second-order valence-corrected chi connectivity index (χ2v) is 2.55. The summed E-state index contributed by atoms with van der Waals surface area (Å²) in [6, 6.07) is 0.181. The first-order chi connectivity index (χ1) is 4.34. The third kappa shape index (κ3) is 1.53. The van der Waals surface area contributed by atoms with Crippen LogP contribution in [0.2, 0.25) is 0 Å². The van der Waals surface area contributed by atoms with Crippen LogP contribution in [0.15, 0.2) is 12.2 Å². The third-order valence-corrected chi connectivity index (χ3v) is 1.85. The van der Waals surface area contributed by atoms with Gasteiger partial charge in [-0.15, -0.1) is 0 Å². The number of nitrogens with two attached hydrogens (primary N) is 1. The molecule has 2 nitrogen and oxygen atoms in total. The van der Waals surface area contributed by atoms with Crippen molar-refractivity contribution in [2.45, 2.75) is 18.9 Å². The van der Waals surface area contributed by atoms with Crippen molar-refractivity contribution in [1.29, 1.82) is 0 Å². The zero-order valence-corrected chi connectivity index (χ0v) is 5.46. The first kappa shape index (κ1) is 6.78. The monoisotopic (exact) mass is 127 g/mol. The van der Waals surface area contributed by atoms with Crippen LogP contribution >= 0.6 is 0 Å². The van der Waals surface area contributed by atoms with E-state index in [1.807, 2.05) is 0 Å². The van der Waals surface area contributed by atoms with Crippen LogP contribution in [0, 0.1) is 5.92 Å². The number of rotatable bonds is 1. The Morgan fingerprint density at radius 1 is 1.44 bits per heavy atom. The van der Waals surface area contributed by atoms with Gasteiger partial charge in [-0.1, -0.05) is 12.2 Å². The van der Waals surface area contributed by atoms with Gasteiger partial charge in [-0.25, -0.2) is 0 Å². The molecule has 1 aliphatic rings. The second kappa shape index (κ2) is 2.99. The summed E-state index contributed by atoms with van der Waals surface area (Å²) in [6.45, 7) is 0.228. The van der Waals surface area contributed by atoms with E-state index in [9.17, 15) is 0 Å². The lowest BCUT2D eigenvalue weighted by molar-refractivity contribution is 0.202. The Hall–Kier alpha value is -0.340. The van der Waals surface area contributed by atoms with Gasteiger partial charge in [-0.3, -0.25) is 0 Å². The highest BCUT2D eigenvalue weighted by atomic mass is 16.3. The van der Waals surface area contributed by atoms with Crippen LogP contribution in [-0.2, 0) is 0 Å². The number of aliphatic hydroxyl groups excluding tert-OH is 1. The summed E-state index contributed by atoms with van der Waals surface area (Å²) < 4.78 is 0. The van der Waals surface area contributed by atoms with Crippen LogP contribution in [-0.4, -0.2) is 17.8 Å². The van der Waals surface area contributed by atoms with Crippen LogP contribution in [0.25, 0.3) is 0 Å². The Balaban J connectivity index is 2.43. The first-order valence-electron chi connectivity index (χ1n) is 3.36. The Morgan fingerprint density at radius 2 is 2.11 bits per heavy atom. The summed E-state index contributed by atoms with van der Waals surface area (Å²) >= 11 is 0. The van der Waals surface area contributed by atoms with Gasteiger partial charge in [0.25, 0.3) is 0 Å². The Bertz CT molecular complexity index is 111. The predicted octanol–water partition coefficient (Wildman–Crippen LogP) is 0.272. The molecule has 0 unspecified atom stereocenters. The van der Waals surface area contributed by atoms with Gasteiger partial charge in [-0.2, -0.15) is 0 Å². The Kier molecular flexibility index (Phi) is 2.25. The van der Waals surface area contributed by atoms with Crippen molar-refractivity contribution in [2.75, 3.05) is 6.61 Å². The van der Waals surface area contributed by atoms with Gasteiger partial charge in [0.15, 0.2) is 0 Å². The van der Waals surface area contributed by atoms with Gasteiger partial charge in [0.1, 0.15) is 0 Å². The van der Waals surface area contributed by atoms with Gasteiger partial charge >= 0.3 is 0 Å². The summed E-state index contributed by atoms with van der Waals surface area (Å²) in [4.78, 5) is 0. The lowest BCUT2D eigenvalue weighted by atomic mass is 9.91. The van der Waals surface area contributed by atoms with Crippen LogP contribution in [0.5, 0.6) is 0 Å². The number of hydrogen-bond donors (Lipinski definition) is 2. The standard InChI is InChI=1S/C7H13NO/c8-7-4-2-1-3-6(7)5-9/h1-2,6-7,9H,3-5,8H2/t6-,7+/m1/s1. The van der Waals surface area contributed by atoms with E-state index in [2.05, 4.69) is 12.2 Å². The SMILES string of the molecule is N[C@H]1CC=CC[C@@H]1CO. The van der Waals surface area contributed by atoms with Crippen LogP contribution < -0.4 is 5.73 Å². The molecular formula is C7H13NO. The highest BCUT2D eigenvalue weighted by Gasteiger charge is 2.16. The van der Waals surface area contributed by atoms with E-state index < -0.39 is 0 Å². The number of allylic oxidation sites excluding steroid dienone is 1. The van der Waals surface area contributed by atoms with Crippen molar-refractivity contribution in [3.05, 3.63) is 12.2 Å². The molecule has 0 aromatic heterocycles. The van der Waals surface area contributed by atoms with Crippen molar-refractivity contribution in [3.8, 4) is 0 Å². The highest BCUT2D eigenvalue weighted by Crippen LogP contribution is 2.15. The maximum atomic E-state index is 8.75. The van der Waals surface area contributed by atoms with E-state index in [4.69, 9.17) is 10.8 Å². The maximum Gasteiger partial charge on any atom is 0.0477 e. The molecule has 0 aliphatic heterocycles. The molecular weight excluding hydrogens is 114 g/mol. The third-order valence-electron chi connectivity index (χ3n) is 1.85. The van der Waals surface area contributed by atoms with Gasteiger partial charge in [-0.05, 0) is 12.8 Å². The number of hydrogen-bond acceptors (Lipinski definition) is 2. The van der Waals surface area contributed by atoms with Crippen LogP contribution in [0.1, 0.15) is 12.8 Å². The van der Waals surface area contributed by atoms with E-state index >= 15 is 0 Å². The van der Waals surface area contributed by atoms with Crippen molar-refractivity contribution in [2.24, 2.45) is 11.7 Å². The summed E-state index contributed by atoms with van der Waals surface area (Å²) in [5.74, 6) is 0.301. The molecule has 3 N–H and O–H groups in total. The fourth-order valence-corrected chi connectivity index (χ4v) is 1.10. The molecule has 0 aromatic rings. The quantitative estimate of drug-likeness (QED) is 0.497. The molecule has 0 amide bonds. The van der Waals surface area contributed by atoms with E-state index in [0.29, 0.717) is 5.92 Å². The van der Waals surface area contributed by atoms with Crippen molar-refractivity contribution >= 4 is 0 Å². The van der Waals surface area contributed by atoms with Crippen molar-refractivity contribution in [1.82, 2.24) is 0 Å². The molecule has 2 atom stereocenters. The molecule has 52 valence electrons. The Morgan fingerprint density at radius 3 is 2.56 bits per heavy atom. The molecule has 2 heteroatoms. The lowest BCUT2D eigenvalue weighted by Crippen LogP contribution is -2.33. The molecule has 0 saturated carbocycles. The molecule has 9 heavy (non-hydrogen) atoms. The second-order valence-electron chi connectivity index (χ2n) is 2.55. The van der Waals surface area contributed by atoms with Gasteiger partial charge < -0.3 is 10.8 Å². The van der Waals surface area contributed by atoms with Crippen LogP contribution in [0.4, 0.5) is 0 Å². The molecule has 0 heterocycles. The fraction of sp³-hybridized carbons (Fsp3) is 0.714. The van der Waals surface area contributed by atoms with E-state index in [0.717, 1.165) is 12.8 Å². The summed E-state index contributed by atoms with van der Waals surface area (Å²) in [5, 5.41) is 8.75. The average molecular weight is 127 g/mol. The zero-order valence-electron chi connectivity index (χ0n) is 5.46. The highest BCUT2D eigenvalue weighted by molar-refractivity contribution is 4.96. The van der Waals surface area contributed by atoms with Crippen LogP contribution in [0.3, 0.4) is 0 Å². The normalized spacial score (nSPS) is 34.9. The zero-order chi connectivity index (χ0) is 6.69.